The van der Waals surface area contributed by atoms with Gasteiger partial charge in [0.1, 0.15) is 0 Å². The van der Waals surface area contributed by atoms with Crippen molar-refractivity contribution in [3.63, 3.8) is 0 Å². The van der Waals surface area contributed by atoms with E-state index in [4.69, 9.17) is 14.6 Å². The number of halogens is 1. The number of pyridine rings is 1. The normalized spacial score (nSPS) is 19.3. The molecular weight excluding hydrogens is 257 g/mol. The van der Waals surface area contributed by atoms with Crippen LogP contribution < -0.4 is 0 Å². The van der Waals surface area contributed by atoms with Crippen LogP contribution in [-0.2, 0) is 19.9 Å². The Bertz CT molecular complexity index is 489. The van der Waals surface area contributed by atoms with Crippen molar-refractivity contribution >= 4 is 5.97 Å². The van der Waals surface area contributed by atoms with Crippen LogP contribution in [0.5, 0.6) is 0 Å². The van der Waals surface area contributed by atoms with Crippen LogP contribution in [-0.4, -0.2) is 34.4 Å². The van der Waals surface area contributed by atoms with E-state index in [1.165, 1.54) is 13.0 Å². The number of carboxylic acids is 1. The average molecular weight is 271 g/mol. The second-order valence-corrected chi connectivity index (χ2v) is 4.16. The first-order valence-corrected chi connectivity index (χ1v) is 5.84. The molecule has 1 aromatic rings. The predicted octanol–water partition coefficient (Wildman–Crippen LogP) is 0.948. The molecular formula is C12H14FNO5. The second-order valence-electron chi connectivity index (χ2n) is 4.16. The Morgan fingerprint density at radius 2 is 2.21 bits per heavy atom. The van der Waals surface area contributed by atoms with Crippen molar-refractivity contribution in [3.8, 4) is 0 Å². The summed E-state index contributed by atoms with van der Waals surface area (Å²) in [6.45, 7) is 2.04. The average Bonchev–Trinajstić information content (AvgIpc) is 2.90. The van der Waals surface area contributed by atoms with Gasteiger partial charge in [-0.1, -0.05) is 6.92 Å². The van der Waals surface area contributed by atoms with E-state index < -0.39 is 23.8 Å². The second kappa shape index (κ2) is 5.20. The van der Waals surface area contributed by atoms with Gasteiger partial charge in [-0.2, -0.15) is 4.39 Å². The Morgan fingerprint density at radius 1 is 1.58 bits per heavy atom. The summed E-state index contributed by atoms with van der Waals surface area (Å²) in [5.41, 5.74) is -2.46. The van der Waals surface area contributed by atoms with Gasteiger partial charge in [-0.15, -0.1) is 0 Å². The molecule has 1 atom stereocenters. The topological polar surface area (TPSA) is 88.9 Å². The number of aliphatic carboxylic acids is 1. The maximum atomic E-state index is 13.9. The number of hydrogen-bond donors (Lipinski definition) is 2. The van der Waals surface area contributed by atoms with Gasteiger partial charge in [-0.25, -0.2) is 9.78 Å². The smallest absolute Gasteiger partial charge is 0.340 e. The van der Waals surface area contributed by atoms with Gasteiger partial charge in [0, 0.05) is 11.8 Å². The lowest BCUT2D eigenvalue weighted by atomic mass is 9.88. The highest BCUT2D eigenvalue weighted by Crippen LogP contribution is 2.35. The molecule has 2 heterocycles. The molecule has 1 aliphatic heterocycles. The van der Waals surface area contributed by atoms with Crippen LogP contribution in [0.4, 0.5) is 4.39 Å². The highest BCUT2D eigenvalue weighted by atomic mass is 19.1. The summed E-state index contributed by atoms with van der Waals surface area (Å²) in [6.07, 6.45) is -0.0563. The van der Waals surface area contributed by atoms with Crippen LogP contribution in [0.3, 0.4) is 0 Å². The minimum absolute atomic E-state index is 0.0955. The van der Waals surface area contributed by atoms with Crippen LogP contribution in [0.25, 0.3) is 0 Å². The molecule has 1 aliphatic rings. The van der Waals surface area contributed by atoms with Crippen molar-refractivity contribution in [2.45, 2.75) is 25.2 Å². The molecule has 2 N–H and O–H groups in total. The van der Waals surface area contributed by atoms with E-state index in [2.05, 4.69) is 4.98 Å². The zero-order valence-corrected chi connectivity index (χ0v) is 10.3. The summed E-state index contributed by atoms with van der Waals surface area (Å²) >= 11 is 0. The van der Waals surface area contributed by atoms with Gasteiger partial charge >= 0.3 is 5.97 Å². The summed E-state index contributed by atoms with van der Waals surface area (Å²) in [6, 6.07) is 1.26. The van der Waals surface area contributed by atoms with Crippen LogP contribution in [0, 0.1) is 5.95 Å². The standard InChI is InChI=1S/C12H14FNO5/c1-2-12(17,11(15)16)7-3-4-14-9(13)8(7)10-18-5-6-19-10/h3-4,10,17H,2,5-6H2,1H3,(H,15,16). The van der Waals surface area contributed by atoms with Gasteiger partial charge in [0.2, 0.25) is 5.95 Å². The molecule has 1 aromatic heterocycles. The Labute approximate surface area is 108 Å². The first kappa shape index (κ1) is 13.9. The van der Waals surface area contributed by atoms with Gasteiger partial charge < -0.3 is 19.7 Å². The lowest BCUT2D eigenvalue weighted by Gasteiger charge is -2.26. The monoisotopic (exact) mass is 271 g/mol. The van der Waals surface area contributed by atoms with E-state index in [0.717, 1.165) is 6.20 Å². The molecule has 0 bridgehead atoms. The van der Waals surface area contributed by atoms with Crippen LogP contribution in [0.2, 0.25) is 0 Å². The summed E-state index contributed by atoms with van der Waals surface area (Å²) in [7, 11) is 0. The van der Waals surface area contributed by atoms with Crippen LogP contribution >= 0.6 is 0 Å². The Hall–Kier alpha value is -1.57. The summed E-state index contributed by atoms with van der Waals surface area (Å²) < 4.78 is 24.2. The predicted molar refractivity (Wildman–Crippen MR) is 60.7 cm³/mol. The Balaban J connectivity index is 2.56. The number of hydrogen-bond acceptors (Lipinski definition) is 5. The lowest BCUT2D eigenvalue weighted by Crippen LogP contribution is -2.36. The zero-order chi connectivity index (χ0) is 14.0. The van der Waals surface area contributed by atoms with Crippen molar-refractivity contribution in [3.05, 3.63) is 29.3 Å². The zero-order valence-electron chi connectivity index (χ0n) is 10.3. The fraction of sp³-hybridized carbons (Fsp3) is 0.500. The molecule has 1 fully saturated rings. The van der Waals surface area contributed by atoms with E-state index in [1.807, 2.05) is 0 Å². The van der Waals surface area contributed by atoms with Crippen molar-refractivity contribution < 1.29 is 28.9 Å². The van der Waals surface area contributed by atoms with E-state index in [9.17, 15) is 14.3 Å². The third-order valence-electron chi connectivity index (χ3n) is 3.11. The minimum atomic E-state index is -2.20. The van der Waals surface area contributed by atoms with Crippen molar-refractivity contribution in [1.29, 1.82) is 0 Å². The molecule has 0 saturated carbocycles. The Morgan fingerprint density at radius 3 is 2.74 bits per heavy atom. The molecule has 19 heavy (non-hydrogen) atoms. The van der Waals surface area contributed by atoms with Gasteiger partial charge in [0.05, 0.1) is 18.8 Å². The van der Waals surface area contributed by atoms with Gasteiger partial charge in [0.25, 0.3) is 0 Å². The number of rotatable bonds is 4. The van der Waals surface area contributed by atoms with Crippen molar-refractivity contribution in [2.24, 2.45) is 0 Å². The number of carboxylic acid groups (broad SMARTS) is 1. The molecule has 104 valence electrons. The molecule has 0 spiro atoms. The van der Waals surface area contributed by atoms with E-state index in [1.54, 1.807) is 0 Å². The summed E-state index contributed by atoms with van der Waals surface area (Å²) in [4.78, 5) is 14.7. The third-order valence-corrected chi connectivity index (χ3v) is 3.11. The SMILES string of the molecule is CCC(O)(C(=O)O)c1ccnc(F)c1C1OCCO1. The number of ether oxygens (including phenoxy) is 2. The number of carbonyl (C=O) groups is 1. The lowest BCUT2D eigenvalue weighted by molar-refractivity contribution is -0.160. The van der Waals surface area contributed by atoms with Crippen molar-refractivity contribution in [2.75, 3.05) is 13.2 Å². The fourth-order valence-corrected chi connectivity index (χ4v) is 2.01. The maximum absolute atomic E-state index is 13.9. The van der Waals surface area contributed by atoms with E-state index >= 15 is 0 Å². The van der Waals surface area contributed by atoms with E-state index in [0.29, 0.717) is 0 Å². The maximum Gasteiger partial charge on any atom is 0.340 e. The first-order valence-electron chi connectivity index (χ1n) is 5.84. The molecule has 0 aliphatic carbocycles. The summed E-state index contributed by atoms with van der Waals surface area (Å²) in [5.74, 6) is -2.36. The van der Waals surface area contributed by atoms with E-state index in [-0.39, 0.29) is 30.8 Å². The molecule has 0 amide bonds. The molecule has 7 heteroatoms. The summed E-state index contributed by atoms with van der Waals surface area (Å²) in [5, 5.41) is 19.4. The number of aromatic nitrogens is 1. The van der Waals surface area contributed by atoms with Gasteiger partial charge in [-0.05, 0) is 12.5 Å². The van der Waals surface area contributed by atoms with Crippen LogP contribution in [0.1, 0.15) is 30.8 Å². The van der Waals surface area contributed by atoms with Crippen LogP contribution in [0.15, 0.2) is 12.3 Å². The molecule has 0 radical (unpaired) electrons. The molecule has 1 unspecified atom stereocenters. The number of nitrogens with zero attached hydrogens (tertiary/aromatic N) is 1. The highest BCUT2D eigenvalue weighted by Gasteiger charge is 2.41. The highest BCUT2D eigenvalue weighted by molar-refractivity contribution is 5.79. The molecule has 2 rings (SSSR count). The Kier molecular flexibility index (Phi) is 3.79. The van der Waals surface area contributed by atoms with Gasteiger partial charge in [0.15, 0.2) is 11.9 Å². The van der Waals surface area contributed by atoms with Gasteiger partial charge in [-0.3, -0.25) is 0 Å². The number of aliphatic hydroxyl groups is 1. The fourth-order valence-electron chi connectivity index (χ4n) is 2.01. The quantitative estimate of drug-likeness (QED) is 0.792. The van der Waals surface area contributed by atoms with Crippen molar-refractivity contribution in [1.82, 2.24) is 4.98 Å². The molecule has 0 aromatic carbocycles. The molecule has 1 saturated heterocycles. The molecule has 6 nitrogen and oxygen atoms in total. The first-order chi connectivity index (χ1) is 9.00. The largest absolute Gasteiger partial charge is 0.479 e. The minimum Gasteiger partial charge on any atom is -0.479 e. The third kappa shape index (κ3) is 2.32.